The number of rotatable bonds is 11. The molecule has 0 unspecified atom stereocenters. The summed E-state index contributed by atoms with van der Waals surface area (Å²) in [4.78, 5) is 11.7. The maximum absolute atomic E-state index is 12.1. The van der Waals surface area contributed by atoms with Crippen LogP contribution in [0.25, 0.3) is 0 Å². The average Bonchev–Trinajstić information content (AvgIpc) is 2.54. The van der Waals surface area contributed by atoms with Gasteiger partial charge in [0.2, 0.25) is 10.0 Å². The second kappa shape index (κ2) is 10.5. The highest BCUT2D eigenvalue weighted by atomic mass is 35.5. The second-order valence-electron chi connectivity index (χ2n) is 5.34. The first-order chi connectivity index (χ1) is 11.4. The van der Waals surface area contributed by atoms with Gasteiger partial charge in [0.15, 0.2) is 6.61 Å². The fourth-order valence-electron chi connectivity index (χ4n) is 1.83. The van der Waals surface area contributed by atoms with Gasteiger partial charge in [-0.3, -0.25) is 4.79 Å². The Labute approximate surface area is 149 Å². The van der Waals surface area contributed by atoms with Crippen LogP contribution in [0.1, 0.15) is 39.5 Å². The van der Waals surface area contributed by atoms with Crippen molar-refractivity contribution < 1.29 is 17.9 Å². The number of carbonyl (C=O) groups excluding carboxylic acids is 1. The summed E-state index contributed by atoms with van der Waals surface area (Å²) < 4.78 is 32.1. The molecule has 0 saturated carbocycles. The lowest BCUT2D eigenvalue weighted by Crippen LogP contribution is -2.29. The Bertz CT molecular complexity index is 635. The van der Waals surface area contributed by atoms with E-state index in [-0.39, 0.29) is 28.2 Å². The molecule has 1 aromatic rings. The number of carbonyl (C=O) groups is 1. The van der Waals surface area contributed by atoms with Gasteiger partial charge in [0.1, 0.15) is 5.75 Å². The Balaban J connectivity index is 2.62. The Morgan fingerprint density at radius 1 is 1.17 bits per heavy atom. The predicted octanol–water partition coefficient (Wildman–Crippen LogP) is 2.71. The second-order valence-corrected chi connectivity index (χ2v) is 7.51. The number of halogens is 1. The topological polar surface area (TPSA) is 84.5 Å². The van der Waals surface area contributed by atoms with E-state index in [1.807, 2.05) is 13.8 Å². The van der Waals surface area contributed by atoms with Gasteiger partial charge >= 0.3 is 0 Å². The van der Waals surface area contributed by atoms with Crippen molar-refractivity contribution in [3.8, 4) is 5.75 Å². The molecular formula is C16H25ClN2O4S. The standard InChI is InChI=1S/C16H25ClN2O4S/c1-3-5-9-18-16(20)12-23-15-8-7-13(11-14(15)17)24(21,22)19-10-6-4-2/h7-8,11,19H,3-6,9-10,12H2,1-2H3,(H,18,20). The molecule has 1 aromatic carbocycles. The number of hydrogen-bond acceptors (Lipinski definition) is 4. The Morgan fingerprint density at radius 2 is 1.83 bits per heavy atom. The molecule has 2 N–H and O–H groups in total. The molecule has 1 rings (SSSR count). The van der Waals surface area contributed by atoms with Crippen LogP contribution in [0.5, 0.6) is 5.75 Å². The number of sulfonamides is 1. The molecule has 0 fully saturated rings. The number of amides is 1. The zero-order valence-electron chi connectivity index (χ0n) is 14.1. The highest BCUT2D eigenvalue weighted by Crippen LogP contribution is 2.27. The molecule has 0 atom stereocenters. The normalized spacial score (nSPS) is 11.3. The van der Waals surface area contributed by atoms with E-state index in [0.717, 1.165) is 25.7 Å². The smallest absolute Gasteiger partial charge is 0.257 e. The Hall–Kier alpha value is -1.31. The van der Waals surface area contributed by atoms with Gasteiger partial charge in [-0.1, -0.05) is 38.3 Å². The number of unbranched alkanes of at least 4 members (excludes halogenated alkanes) is 2. The van der Waals surface area contributed by atoms with Gasteiger partial charge in [-0.15, -0.1) is 0 Å². The van der Waals surface area contributed by atoms with Crippen molar-refractivity contribution in [1.29, 1.82) is 0 Å². The van der Waals surface area contributed by atoms with E-state index in [4.69, 9.17) is 16.3 Å². The van der Waals surface area contributed by atoms with Gasteiger partial charge in [0.05, 0.1) is 9.92 Å². The first-order valence-electron chi connectivity index (χ1n) is 8.09. The van der Waals surface area contributed by atoms with Crippen LogP contribution in [0, 0.1) is 0 Å². The van der Waals surface area contributed by atoms with Gasteiger partial charge in [-0.2, -0.15) is 0 Å². The van der Waals surface area contributed by atoms with Crippen molar-refractivity contribution >= 4 is 27.5 Å². The van der Waals surface area contributed by atoms with E-state index in [1.54, 1.807) is 0 Å². The van der Waals surface area contributed by atoms with Crippen LogP contribution >= 0.6 is 11.6 Å². The van der Waals surface area contributed by atoms with Crippen LogP contribution in [-0.2, 0) is 14.8 Å². The van der Waals surface area contributed by atoms with Crippen molar-refractivity contribution in [2.75, 3.05) is 19.7 Å². The molecule has 136 valence electrons. The molecule has 24 heavy (non-hydrogen) atoms. The summed E-state index contributed by atoms with van der Waals surface area (Å²) in [7, 11) is -3.59. The van der Waals surface area contributed by atoms with Crippen molar-refractivity contribution in [3.63, 3.8) is 0 Å². The highest BCUT2D eigenvalue weighted by Gasteiger charge is 2.16. The van der Waals surface area contributed by atoms with Crippen molar-refractivity contribution in [2.45, 2.75) is 44.4 Å². The van der Waals surface area contributed by atoms with Crippen molar-refractivity contribution in [1.82, 2.24) is 10.0 Å². The molecule has 0 aliphatic rings. The number of benzene rings is 1. The van der Waals surface area contributed by atoms with Gasteiger partial charge < -0.3 is 10.1 Å². The van der Waals surface area contributed by atoms with E-state index in [2.05, 4.69) is 10.0 Å². The fraction of sp³-hybridized carbons (Fsp3) is 0.562. The summed E-state index contributed by atoms with van der Waals surface area (Å²) >= 11 is 6.06. The summed E-state index contributed by atoms with van der Waals surface area (Å²) in [6.45, 7) is 4.84. The van der Waals surface area contributed by atoms with Gasteiger partial charge in [-0.05, 0) is 31.0 Å². The minimum Gasteiger partial charge on any atom is -0.482 e. The van der Waals surface area contributed by atoms with E-state index >= 15 is 0 Å². The average molecular weight is 377 g/mol. The third kappa shape index (κ3) is 7.07. The SMILES string of the molecule is CCCCNC(=O)COc1ccc(S(=O)(=O)NCCCC)cc1Cl. The van der Waals surface area contributed by atoms with E-state index in [1.165, 1.54) is 18.2 Å². The lowest BCUT2D eigenvalue weighted by molar-refractivity contribution is -0.123. The van der Waals surface area contributed by atoms with Crippen LogP contribution in [-0.4, -0.2) is 34.0 Å². The monoisotopic (exact) mass is 376 g/mol. The molecule has 6 nitrogen and oxygen atoms in total. The van der Waals surface area contributed by atoms with E-state index in [0.29, 0.717) is 13.1 Å². The third-order valence-electron chi connectivity index (χ3n) is 3.25. The molecule has 0 radical (unpaired) electrons. The minimum atomic E-state index is -3.59. The molecule has 1 amide bonds. The molecule has 8 heteroatoms. The first-order valence-corrected chi connectivity index (χ1v) is 9.95. The van der Waals surface area contributed by atoms with Crippen LogP contribution in [0.2, 0.25) is 5.02 Å². The summed E-state index contributed by atoms with van der Waals surface area (Å²) in [5.41, 5.74) is 0. The number of ether oxygens (including phenoxy) is 1. The zero-order chi connectivity index (χ0) is 18.0. The lowest BCUT2D eigenvalue weighted by atomic mass is 10.3. The van der Waals surface area contributed by atoms with E-state index < -0.39 is 10.0 Å². The van der Waals surface area contributed by atoms with Crippen LogP contribution in [0.15, 0.2) is 23.1 Å². The summed E-state index contributed by atoms with van der Waals surface area (Å²) in [6.07, 6.45) is 3.57. The van der Waals surface area contributed by atoms with Gasteiger partial charge in [0, 0.05) is 13.1 Å². The van der Waals surface area contributed by atoms with Crippen LogP contribution < -0.4 is 14.8 Å². The van der Waals surface area contributed by atoms with Gasteiger partial charge in [0.25, 0.3) is 5.91 Å². The quantitative estimate of drug-likeness (QED) is 0.581. The molecule has 0 aromatic heterocycles. The summed E-state index contributed by atoms with van der Waals surface area (Å²) in [5.74, 6) is 0.0345. The van der Waals surface area contributed by atoms with Crippen LogP contribution in [0.4, 0.5) is 0 Å². The van der Waals surface area contributed by atoms with Crippen LogP contribution in [0.3, 0.4) is 0 Å². The molecule has 0 heterocycles. The lowest BCUT2D eigenvalue weighted by Gasteiger charge is -2.11. The van der Waals surface area contributed by atoms with Crippen molar-refractivity contribution in [2.24, 2.45) is 0 Å². The molecule has 0 aliphatic carbocycles. The highest BCUT2D eigenvalue weighted by molar-refractivity contribution is 7.89. The predicted molar refractivity (Wildman–Crippen MR) is 95.0 cm³/mol. The third-order valence-corrected chi connectivity index (χ3v) is 5.00. The van der Waals surface area contributed by atoms with Crippen molar-refractivity contribution in [3.05, 3.63) is 23.2 Å². The van der Waals surface area contributed by atoms with E-state index in [9.17, 15) is 13.2 Å². The summed E-state index contributed by atoms with van der Waals surface area (Å²) in [5, 5.41) is 2.87. The molecule has 0 aliphatic heterocycles. The molecular weight excluding hydrogens is 352 g/mol. The maximum atomic E-state index is 12.1. The minimum absolute atomic E-state index is 0.0725. The molecule has 0 spiro atoms. The molecule has 0 saturated heterocycles. The number of nitrogens with one attached hydrogen (secondary N) is 2. The zero-order valence-corrected chi connectivity index (χ0v) is 15.7. The Morgan fingerprint density at radius 3 is 2.46 bits per heavy atom. The fourth-order valence-corrected chi connectivity index (χ4v) is 3.23. The Kier molecular flexibility index (Phi) is 9.10. The number of hydrogen-bond donors (Lipinski definition) is 2. The van der Waals surface area contributed by atoms with Gasteiger partial charge in [-0.25, -0.2) is 13.1 Å². The first kappa shape index (κ1) is 20.7. The maximum Gasteiger partial charge on any atom is 0.257 e. The summed E-state index contributed by atoms with van der Waals surface area (Å²) in [6, 6.07) is 4.18. The largest absolute Gasteiger partial charge is 0.482 e. The molecule has 0 bridgehead atoms.